The van der Waals surface area contributed by atoms with E-state index in [9.17, 15) is 14.4 Å². The number of carbonyl (C=O) groups excluding carboxylic acids is 3. The molecule has 2 aliphatic heterocycles. The molecule has 0 radical (unpaired) electrons. The normalized spacial score (nSPS) is 19.6. The largest absolute Gasteiger partial charge is 0.497 e. The number of hydrogen-bond acceptors (Lipinski definition) is 5. The third kappa shape index (κ3) is 4.90. The van der Waals surface area contributed by atoms with Gasteiger partial charge in [0.1, 0.15) is 11.8 Å². The minimum absolute atomic E-state index is 0.00546. The Hall–Kier alpha value is -2.97. The summed E-state index contributed by atoms with van der Waals surface area (Å²) in [4.78, 5) is 42.8. The van der Waals surface area contributed by atoms with Gasteiger partial charge in [0.05, 0.1) is 13.5 Å². The highest BCUT2D eigenvalue weighted by molar-refractivity contribution is 5.92. The maximum atomic E-state index is 12.8. The smallest absolute Gasteiger partial charge is 0.318 e. The summed E-state index contributed by atoms with van der Waals surface area (Å²) in [5.74, 6) is 0.438. The minimum atomic E-state index is -0.762. The van der Waals surface area contributed by atoms with Crippen LogP contribution in [0.3, 0.4) is 0 Å². The van der Waals surface area contributed by atoms with Gasteiger partial charge in [0.2, 0.25) is 11.8 Å². The number of rotatable bonds is 5. The van der Waals surface area contributed by atoms with E-state index in [4.69, 9.17) is 4.74 Å². The molecule has 2 N–H and O–H groups in total. The maximum absolute atomic E-state index is 12.8. The lowest BCUT2D eigenvalue weighted by molar-refractivity contribution is -0.137. The Labute approximate surface area is 171 Å². The number of amides is 4. The number of methoxy groups -OCH3 is 1. The zero-order valence-corrected chi connectivity index (χ0v) is 17.0. The van der Waals surface area contributed by atoms with Gasteiger partial charge < -0.3 is 30.1 Å². The molecule has 0 saturated carbocycles. The Balaban J connectivity index is 1.56. The SMILES string of the molecule is CCNC(=O)N1CCNC(=O)C1CC(=O)N1CCN(c2ccc(OC)cc2)CC1. The molecular weight excluding hydrogens is 374 g/mol. The van der Waals surface area contributed by atoms with Crippen LogP contribution >= 0.6 is 0 Å². The molecule has 3 rings (SSSR count). The van der Waals surface area contributed by atoms with Gasteiger partial charge in [0.15, 0.2) is 0 Å². The third-order valence-electron chi connectivity index (χ3n) is 5.36. The first-order valence-electron chi connectivity index (χ1n) is 10.0. The number of benzene rings is 1. The van der Waals surface area contributed by atoms with Crippen LogP contribution in [0, 0.1) is 0 Å². The predicted octanol–water partition coefficient (Wildman–Crippen LogP) is 0.264. The molecule has 1 aromatic rings. The Morgan fingerprint density at radius 3 is 2.45 bits per heavy atom. The van der Waals surface area contributed by atoms with Crippen LogP contribution < -0.4 is 20.3 Å². The fourth-order valence-corrected chi connectivity index (χ4v) is 3.72. The van der Waals surface area contributed by atoms with Crippen molar-refractivity contribution < 1.29 is 19.1 Å². The van der Waals surface area contributed by atoms with Crippen LogP contribution in [-0.4, -0.2) is 86.6 Å². The predicted molar refractivity (Wildman–Crippen MR) is 109 cm³/mol. The number of nitrogens with zero attached hydrogens (tertiary/aromatic N) is 3. The summed E-state index contributed by atoms with van der Waals surface area (Å²) in [7, 11) is 1.64. The molecule has 0 spiro atoms. The molecule has 0 aromatic heterocycles. The van der Waals surface area contributed by atoms with Gasteiger partial charge in [-0.1, -0.05) is 0 Å². The van der Waals surface area contributed by atoms with Gasteiger partial charge >= 0.3 is 6.03 Å². The van der Waals surface area contributed by atoms with E-state index >= 15 is 0 Å². The third-order valence-corrected chi connectivity index (χ3v) is 5.36. The van der Waals surface area contributed by atoms with E-state index in [1.54, 1.807) is 12.0 Å². The summed E-state index contributed by atoms with van der Waals surface area (Å²) < 4.78 is 5.19. The van der Waals surface area contributed by atoms with E-state index in [-0.39, 0.29) is 24.3 Å². The van der Waals surface area contributed by atoms with Crippen LogP contribution in [0.4, 0.5) is 10.5 Å². The minimum Gasteiger partial charge on any atom is -0.497 e. The number of ether oxygens (including phenoxy) is 1. The highest BCUT2D eigenvalue weighted by atomic mass is 16.5. The molecule has 9 heteroatoms. The summed E-state index contributed by atoms with van der Waals surface area (Å²) >= 11 is 0. The van der Waals surface area contributed by atoms with E-state index in [0.717, 1.165) is 24.5 Å². The Bertz CT molecular complexity index is 731. The van der Waals surface area contributed by atoms with Crippen molar-refractivity contribution in [2.45, 2.75) is 19.4 Å². The number of nitrogens with one attached hydrogen (secondary N) is 2. The average molecular weight is 403 g/mol. The molecule has 9 nitrogen and oxygen atoms in total. The van der Waals surface area contributed by atoms with Crippen LogP contribution in [0.2, 0.25) is 0 Å². The molecule has 0 aliphatic carbocycles. The van der Waals surface area contributed by atoms with Crippen LogP contribution in [0.15, 0.2) is 24.3 Å². The van der Waals surface area contributed by atoms with Crippen molar-refractivity contribution in [1.29, 1.82) is 0 Å². The number of hydrogen-bond donors (Lipinski definition) is 2. The second kappa shape index (κ2) is 9.49. The van der Waals surface area contributed by atoms with Crippen molar-refractivity contribution in [2.75, 3.05) is 57.8 Å². The molecule has 1 atom stereocenters. The van der Waals surface area contributed by atoms with Gasteiger partial charge in [0.25, 0.3) is 0 Å². The lowest BCUT2D eigenvalue weighted by Crippen LogP contribution is -2.61. The molecule has 158 valence electrons. The summed E-state index contributed by atoms with van der Waals surface area (Å²) in [5.41, 5.74) is 1.09. The van der Waals surface area contributed by atoms with Crippen LogP contribution in [0.5, 0.6) is 5.75 Å². The van der Waals surface area contributed by atoms with E-state index in [0.29, 0.717) is 32.7 Å². The van der Waals surface area contributed by atoms with Crippen molar-refractivity contribution in [1.82, 2.24) is 20.4 Å². The molecule has 1 unspecified atom stereocenters. The zero-order valence-electron chi connectivity index (χ0n) is 17.0. The topological polar surface area (TPSA) is 94.2 Å². The number of anilines is 1. The molecule has 29 heavy (non-hydrogen) atoms. The van der Waals surface area contributed by atoms with Crippen LogP contribution in [0.25, 0.3) is 0 Å². The first kappa shape index (κ1) is 20.8. The lowest BCUT2D eigenvalue weighted by Gasteiger charge is -2.38. The van der Waals surface area contributed by atoms with Crippen molar-refractivity contribution in [3.63, 3.8) is 0 Å². The van der Waals surface area contributed by atoms with E-state index in [1.807, 2.05) is 31.2 Å². The molecular formula is C20H29N5O4. The van der Waals surface area contributed by atoms with Gasteiger partial charge in [-0.25, -0.2) is 4.79 Å². The number of piperazine rings is 2. The quantitative estimate of drug-likeness (QED) is 0.736. The number of urea groups is 1. The molecule has 0 bridgehead atoms. The van der Waals surface area contributed by atoms with Gasteiger partial charge in [-0.2, -0.15) is 0 Å². The van der Waals surface area contributed by atoms with Crippen LogP contribution in [-0.2, 0) is 9.59 Å². The van der Waals surface area contributed by atoms with Gasteiger partial charge in [-0.3, -0.25) is 9.59 Å². The summed E-state index contributed by atoms with van der Waals surface area (Å²) in [6.45, 7) is 5.71. The molecule has 2 heterocycles. The van der Waals surface area contributed by atoms with E-state index in [2.05, 4.69) is 15.5 Å². The summed E-state index contributed by atoms with van der Waals surface area (Å²) in [5, 5.41) is 5.47. The monoisotopic (exact) mass is 403 g/mol. The van der Waals surface area contributed by atoms with E-state index < -0.39 is 6.04 Å². The first-order chi connectivity index (χ1) is 14.0. The Kier molecular flexibility index (Phi) is 6.79. The Morgan fingerprint density at radius 2 is 1.83 bits per heavy atom. The molecule has 4 amide bonds. The lowest BCUT2D eigenvalue weighted by atomic mass is 10.1. The van der Waals surface area contributed by atoms with Gasteiger partial charge in [-0.05, 0) is 31.2 Å². The Morgan fingerprint density at radius 1 is 1.14 bits per heavy atom. The van der Waals surface area contributed by atoms with Crippen LogP contribution in [0.1, 0.15) is 13.3 Å². The van der Waals surface area contributed by atoms with E-state index in [1.165, 1.54) is 4.90 Å². The number of carbonyl (C=O) groups is 3. The van der Waals surface area contributed by atoms with Crippen molar-refractivity contribution in [3.8, 4) is 5.75 Å². The zero-order chi connectivity index (χ0) is 20.8. The van der Waals surface area contributed by atoms with Crippen molar-refractivity contribution >= 4 is 23.5 Å². The summed E-state index contributed by atoms with van der Waals surface area (Å²) in [6.07, 6.45) is 0.00546. The highest BCUT2D eigenvalue weighted by Crippen LogP contribution is 2.21. The maximum Gasteiger partial charge on any atom is 0.318 e. The van der Waals surface area contributed by atoms with Crippen molar-refractivity contribution in [3.05, 3.63) is 24.3 Å². The molecule has 2 aliphatic rings. The first-order valence-corrected chi connectivity index (χ1v) is 10.0. The molecule has 1 aromatic carbocycles. The van der Waals surface area contributed by atoms with Gasteiger partial charge in [0, 0.05) is 51.5 Å². The standard InChI is InChI=1S/C20H29N5O4/c1-3-21-20(28)25-9-8-22-19(27)17(25)14-18(26)24-12-10-23(11-13-24)15-4-6-16(29-2)7-5-15/h4-7,17H,3,8-14H2,1-2H3,(H,21,28)(H,22,27). The van der Waals surface area contributed by atoms with Gasteiger partial charge in [-0.15, -0.1) is 0 Å². The highest BCUT2D eigenvalue weighted by Gasteiger charge is 2.36. The molecule has 2 saturated heterocycles. The summed E-state index contributed by atoms with van der Waals surface area (Å²) in [6, 6.07) is 6.79. The fourth-order valence-electron chi connectivity index (χ4n) is 3.72. The second-order valence-electron chi connectivity index (χ2n) is 7.11. The molecule has 2 fully saturated rings. The fraction of sp³-hybridized carbons (Fsp3) is 0.550. The van der Waals surface area contributed by atoms with Crippen molar-refractivity contribution in [2.24, 2.45) is 0 Å². The average Bonchev–Trinajstić information content (AvgIpc) is 2.75. The second-order valence-corrected chi connectivity index (χ2v) is 7.11.